The summed E-state index contributed by atoms with van der Waals surface area (Å²) in [5.74, 6) is 1.42. The molecule has 1 aromatic rings. The summed E-state index contributed by atoms with van der Waals surface area (Å²) in [4.78, 5) is 13.7. The van der Waals surface area contributed by atoms with E-state index in [1.165, 1.54) is 19.4 Å². The second kappa shape index (κ2) is 4.78. The van der Waals surface area contributed by atoms with E-state index >= 15 is 0 Å². The van der Waals surface area contributed by atoms with Gasteiger partial charge in [0.2, 0.25) is 0 Å². The normalized spacial score (nSPS) is 25.0. The van der Waals surface area contributed by atoms with Gasteiger partial charge in [-0.1, -0.05) is 0 Å². The molecule has 5 heteroatoms. The molecule has 1 atom stereocenters. The predicted molar refractivity (Wildman–Crippen MR) is 68.4 cm³/mol. The zero-order chi connectivity index (χ0) is 11.7. The lowest BCUT2D eigenvalue weighted by Crippen LogP contribution is -2.50. The zero-order valence-corrected chi connectivity index (χ0v) is 10.6. The molecule has 1 aromatic heterocycles. The van der Waals surface area contributed by atoms with Crippen molar-refractivity contribution in [3.05, 3.63) is 18.1 Å². The molecular weight excluding hydrogens is 236 g/mol. The van der Waals surface area contributed by atoms with E-state index in [0.717, 1.165) is 31.1 Å². The molecule has 2 aliphatic rings. The molecule has 0 aliphatic carbocycles. The Balaban J connectivity index is 1.75. The van der Waals surface area contributed by atoms with Crippen molar-refractivity contribution in [3.8, 4) is 0 Å². The Morgan fingerprint density at radius 2 is 2.24 bits per heavy atom. The maximum Gasteiger partial charge on any atom is 0.147 e. The smallest absolute Gasteiger partial charge is 0.147 e. The van der Waals surface area contributed by atoms with Gasteiger partial charge in [0, 0.05) is 31.9 Å². The number of aromatic nitrogens is 2. The minimum atomic E-state index is 0.435. The molecule has 1 unspecified atom stereocenters. The van der Waals surface area contributed by atoms with E-state index in [4.69, 9.17) is 11.6 Å². The van der Waals surface area contributed by atoms with Crippen LogP contribution in [0.25, 0.3) is 0 Å². The standard InChI is InChI=1S/C12H17ClN4/c13-6-10-7-14-8-12(15-10)17-5-4-16-3-1-2-11(16)9-17/h7-8,11H,1-6,9H2. The van der Waals surface area contributed by atoms with Crippen molar-refractivity contribution in [1.82, 2.24) is 14.9 Å². The van der Waals surface area contributed by atoms with E-state index < -0.39 is 0 Å². The van der Waals surface area contributed by atoms with Gasteiger partial charge in [0.1, 0.15) is 5.82 Å². The largest absolute Gasteiger partial charge is 0.352 e. The number of piperazine rings is 1. The van der Waals surface area contributed by atoms with Crippen LogP contribution >= 0.6 is 11.6 Å². The summed E-state index contributed by atoms with van der Waals surface area (Å²) in [5.41, 5.74) is 0.859. The first-order valence-corrected chi connectivity index (χ1v) is 6.76. The fourth-order valence-corrected chi connectivity index (χ4v) is 2.94. The van der Waals surface area contributed by atoms with E-state index in [1.807, 2.05) is 6.20 Å². The molecule has 0 N–H and O–H groups in total. The summed E-state index contributed by atoms with van der Waals surface area (Å²) < 4.78 is 0. The summed E-state index contributed by atoms with van der Waals surface area (Å²) in [6.07, 6.45) is 6.24. The molecule has 2 saturated heterocycles. The maximum absolute atomic E-state index is 5.80. The summed E-state index contributed by atoms with van der Waals surface area (Å²) >= 11 is 5.80. The van der Waals surface area contributed by atoms with Crippen molar-refractivity contribution in [2.45, 2.75) is 24.8 Å². The molecule has 0 radical (unpaired) electrons. The molecule has 92 valence electrons. The van der Waals surface area contributed by atoms with Crippen molar-refractivity contribution in [1.29, 1.82) is 0 Å². The number of halogens is 1. The van der Waals surface area contributed by atoms with E-state index in [9.17, 15) is 0 Å². The molecular formula is C12H17ClN4. The molecule has 3 heterocycles. The number of fused-ring (bicyclic) bond motifs is 1. The van der Waals surface area contributed by atoms with Crippen LogP contribution in [0.4, 0.5) is 5.82 Å². The summed E-state index contributed by atoms with van der Waals surface area (Å²) in [5, 5.41) is 0. The zero-order valence-electron chi connectivity index (χ0n) is 9.85. The Kier molecular flexibility index (Phi) is 3.16. The van der Waals surface area contributed by atoms with Crippen LogP contribution in [0.3, 0.4) is 0 Å². The van der Waals surface area contributed by atoms with Gasteiger partial charge in [0.05, 0.1) is 17.8 Å². The second-order valence-corrected chi connectivity index (χ2v) is 5.05. The van der Waals surface area contributed by atoms with E-state index in [1.54, 1.807) is 6.20 Å². The Bertz CT molecular complexity index is 398. The van der Waals surface area contributed by atoms with Gasteiger partial charge in [-0.15, -0.1) is 11.6 Å². The number of hydrogen-bond acceptors (Lipinski definition) is 4. The highest BCUT2D eigenvalue weighted by Gasteiger charge is 2.31. The molecule has 0 amide bonds. The van der Waals surface area contributed by atoms with Gasteiger partial charge in [-0.3, -0.25) is 9.88 Å². The molecule has 0 aromatic carbocycles. The van der Waals surface area contributed by atoms with Crippen molar-refractivity contribution in [3.63, 3.8) is 0 Å². The highest BCUT2D eigenvalue weighted by molar-refractivity contribution is 6.16. The lowest BCUT2D eigenvalue weighted by molar-refractivity contribution is 0.230. The lowest BCUT2D eigenvalue weighted by Gasteiger charge is -2.38. The van der Waals surface area contributed by atoms with Crippen molar-refractivity contribution >= 4 is 17.4 Å². The number of hydrogen-bond donors (Lipinski definition) is 0. The van der Waals surface area contributed by atoms with Crippen LogP contribution in [0.1, 0.15) is 18.5 Å². The summed E-state index contributed by atoms with van der Waals surface area (Å²) in [7, 11) is 0. The molecule has 0 bridgehead atoms. The molecule has 0 saturated carbocycles. The highest BCUT2D eigenvalue weighted by Crippen LogP contribution is 2.24. The number of alkyl halides is 1. The second-order valence-electron chi connectivity index (χ2n) is 4.78. The van der Waals surface area contributed by atoms with Gasteiger partial charge in [-0.25, -0.2) is 4.98 Å². The van der Waals surface area contributed by atoms with Gasteiger partial charge in [-0.2, -0.15) is 0 Å². The quantitative estimate of drug-likeness (QED) is 0.747. The third kappa shape index (κ3) is 2.24. The Labute approximate surface area is 107 Å². The minimum Gasteiger partial charge on any atom is -0.352 e. The number of nitrogens with zero attached hydrogens (tertiary/aromatic N) is 4. The van der Waals surface area contributed by atoms with Crippen LogP contribution in [0.5, 0.6) is 0 Å². The molecule has 17 heavy (non-hydrogen) atoms. The first-order chi connectivity index (χ1) is 8.36. The van der Waals surface area contributed by atoms with Crippen LogP contribution < -0.4 is 4.90 Å². The highest BCUT2D eigenvalue weighted by atomic mass is 35.5. The minimum absolute atomic E-state index is 0.435. The topological polar surface area (TPSA) is 32.3 Å². The van der Waals surface area contributed by atoms with Crippen LogP contribution in [0.15, 0.2) is 12.4 Å². The van der Waals surface area contributed by atoms with Crippen LogP contribution in [0, 0.1) is 0 Å². The first kappa shape index (κ1) is 11.2. The lowest BCUT2D eigenvalue weighted by atomic mass is 10.1. The fraction of sp³-hybridized carbons (Fsp3) is 0.667. The number of anilines is 1. The van der Waals surface area contributed by atoms with Crippen LogP contribution in [-0.2, 0) is 5.88 Å². The third-order valence-corrected chi connectivity index (χ3v) is 3.99. The molecule has 4 nitrogen and oxygen atoms in total. The Morgan fingerprint density at radius 1 is 1.29 bits per heavy atom. The average Bonchev–Trinajstić information content (AvgIpc) is 2.86. The maximum atomic E-state index is 5.80. The van der Waals surface area contributed by atoms with E-state index in [0.29, 0.717) is 11.9 Å². The molecule has 0 spiro atoms. The molecule has 2 aliphatic heterocycles. The van der Waals surface area contributed by atoms with E-state index in [-0.39, 0.29) is 0 Å². The fourth-order valence-electron chi connectivity index (χ4n) is 2.81. The number of rotatable bonds is 2. The van der Waals surface area contributed by atoms with Crippen molar-refractivity contribution < 1.29 is 0 Å². The monoisotopic (exact) mass is 252 g/mol. The van der Waals surface area contributed by atoms with Crippen LogP contribution in [0.2, 0.25) is 0 Å². The van der Waals surface area contributed by atoms with Gasteiger partial charge >= 0.3 is 0 Å². The third-order valence-electron chi connectivity index (χ3n) is 3.72. The molecule has 2 fully saturated rings. The van der Waals surface area contributed by atoms with Gasteiger partial charge < -0.3 is 4.90 Å². The van der Waals surface area contributed by atoms with Crippen molar-refractivity contribution in [2.75, 3.05) is 31.1 Å². The first-order valence-electron chi connectivity index (χ1n) is 6.22. The van der Waals surface area contributed by atoms with Gasteiger partial charge in [0.15, 0.2) is 0 Å². The van der Waals surface area contributed by atoms with Crippen molar-refractivity contribution in [2.24, 2.45) is 0 Å². The Hall–Kier alpha value is -0.870. The average molecular weight is 253 g/mol. The Morgan fingerprint density at radius 3 is 3.12 bits per heavy atom. The van der Waals surface area contributed by atoms with E-state index in [2.05, 4.69) is 19.8 Å². The van der Waals surface area contributed by atoms with Crippen LogP contribution in [-0.4, -0.2) is 47.1 Å². The predicted octanol–water partition coefficient (Wildman–Crippen LogP) is 1.50. The summed E-state index contributed by atoms with van der Waals surface area (Å²) in [6, 6.07) is 0.713. The van der Waals surface area contributed by atoms with Gasteiger partial charge in [-0.05, 0) is 19.4 Å². The molecule has 3 rings (SSSR count). The SMILES string of the molecule is ClCc1cncc(N2CCN3CCCC3C2)n1. The van der Waals surface area contributed by atoms with Gasteiger partial charge in [0.25, 0.3) is 0 Å². The summed E-state index contributed by atoms with van der Waals surface area (Å²) in [6.45, 7) is 4.56.